The molecule has 0 aliphatic rings. The second kappa shape index (κ2) is 8.68. The van der Waals surface area contributed by atoms with E-state index in [0.717, 1.165) is 21.0 Å². The van der Waals surface area contributed by atoms with Gasteiger partial charge >= 0.3 is 5.97 Å². The summed E-state index contributed by atoms with van der Waals surface area (Å²) in [6.45, 7) is 0.204. The molecule has 27 heavy (non-hydrogen) atoms. The molecule has 5 nitrogen and oxygen atoms in total. The Hall–Kier alpha value is -2.86. The molecule has 0 aliphatic carbocycles. The summed E-state index contributed by atoms with van der Waals surface area (Å²) in [5.41, 5.74) is 0.537. The van der Waals surface area contributed by atoms with E-state index >= 15 is 0 Å². The molecule has 3 aromatic carbocycles. The van der Waals surface area contributed by atoms with Crippen molar-refractivity contribution in [3.63, 3.8) is 0 Å². The Morgan fingerprint density at radius 2 is 1.59 bits per heavy atom. The number of benzene rings is 3. The SMILES string of the molecule is COc1ccc2ccc(OC(=O)CCNC(=O)c3ccc(Br)cc3)cc2c1. The van der Waals surface area contributed by atoms with Crippen molar-refractivity contribution in [1.29, 1.82) is 0 Å². The van der Waals surface area contributed by atoms with Crippen molar-refractivity contribution in [3.8, 4) is 11.5 Å². The Labute approximate surface area is 165 Å². The Morgan fingerprint density at radius 3 is 2.30 bits per heavy atom. The van der Waals surface area contributed by atoms with Crippen LogP contribution in [0.15, 0.2) is 65.1 Å². The molecule has 0 aromatic heterocycles. The van der Waals surface area contributed by atoms with E-state index in [9.17, 15) is 9.59 Å². The number of hydrogen-bond acceptors (Lipinski definition) is 4. The van der Waals surface area contributed by atoms with Gasteiger partial charge in [0, 0.05) is 16.6 Å². The van der Waals surface area contributed by atoms with Crippen LogP contribution >= 0.6 is 15.9 Å². The lowest BCUT2D eigenvalue weighted by molar-refractivity contribution is -0.134. The van der Waals surface area contributed by atoms with E-state index in [4.69, 9.17) is 9.47 Å². The molecule has 0 spiro atoms. The highest BCUT2D eigenvalue weighted by atomic mass is 79.9. The summed E-state index contributed by atoms with van der Waals surface area (Å²) in [7, 11) is 1.60. The number of rotatable bonds is 6. The first-order valence-corrected chi connectivity index (χ1v) is 9.17. The van der Waals surface area contributed by atoms with Gasteiger partial charge in [0.25, 0.3) is 5.91 Å². The first-order valence-electron chi connectivity index (χ1n) is 8.37. The number of esters is 1. The molecule has 1 N–H and O–H groups in total. The molecule has 3 rings (SSSR count). The Morgan fingerprint density at radius 1 is 0.926 bits per heavy atom. The van der Waals surface area contributed by atoms with E-state index in [2.05, 4.69) is 21.2 Å². The number of ether oxygens (including phenoxy) is 2. The lowest BCUT2D eigenvalue weighted by Crippen LogP contribution is -2.27. The summed E-state index contributed by atoms with van der Waals surface area (Å²) in [6, 6.07) is 18.1. The van der Waals surface area contributed by atoms with Crippen LogP contribution < -0.4 is 14.8 Å². The fourth-order valence-electron chi connectivity index (χ4n) is 2.56. The lowest BCUT2D eigenvalue weighted by Gasteiger charge is -2.08. The highest BCUT2D eigenvalue weighted by molar-refractivity contribution is 9.10. The van der Waals surface area contributed by atoms with E-state index in [1.165, 1.54) is 0 Å². The number of halogens is 1. The van der Waals surface area contributed by atoms with Gasteiger partial charge in [0.1, 0.15) is 11.5 Å². The topological polar surface area (TPSA) is 64.6 Å². The second-order valence-corrected chi connectivity index (χ2v) is 6.78. The predicted octanol–water partition coefficient (Wildman–Crippen LogP) is 4.34. The van der Waals surface area contributed by atoms with Gasteiger partial charge in [-0.3, -0.25) is 9.59 Å². The number of carbonyl (C=O) groups is 2. The highest BCUT2D eigenvalue weighted by Crippen LogP contribution is 2.25. The van der Waals surface area contributed by atoms with Gasteiger partial charge in [-0.25, -0.2) is 0 Å². The molecule has 138 valence electrons. The molecule has 0 saturated carbocycles. The van der Waals surface area contributed by atoms with Crippen LogP contribution in [0.25, 0.3) is 10.8 Å². The zero-order chi connectivity index (χ0) is 19.2. The molecule has 0 fully saturated rings. The zero-order valence-electron chi connectivity index (χ0n) is 14.7. The molecule has 1 amide bonds. The van der Waals surface area contributed by atoms with Crippen LogP contribution in [0, 0.1) is 0 Å². The number of methoxy groups -OCH3 is 1. The van der Waals surface area contributed by atoms with Crippen LogP contribution in [0.1, 0.15) is 16.8 Å². The van der Waals surface area contributed by atoms with Gasteiger partial charge in [0.2, 0.25) is 0 Å². The van der Waals surface area contributed by atoms with Gasteiger partial charge in [-0.2, -0.15) is 0 Å². The zero-order valence-corrected chi connectivity index (χ0v) is 16.3. The largest absolute Gasteiger partial charge is 0.497 e. The highest BCUT2D eigenvalue weighted by Gasteiger charge is 2.09. The summed E-state index contributed by atoms with van der Waals surface area (Å²) >= 11 is 3.32. The maximum Gasteiger partial charge on any atom is 0.312 e. The van der Waals surface area contributed by atoms with Gasteiger partial charge in [0.15, 0.2) is 0 Å². The standard InChI is InChI=1S/C21H18BrNO4/c1-26-18-8-4-14-5-9-19(13-16(14)12-18)27-20(24)10-11-23-21(25)15-2-6-17(22)7-3-15/h2-9,12-13H,10-11H2,1H3,(H,23,25). The van der Waals surface area contributed by atoms with E-state index < -0.39 is 5.97 Å². The van der Waals surface area contributed by atoms with Crippen LogP contribution in [0.4, 0.5) is 0 Å². The third kappa shape index (κ3) is 5.08. The number of hydrogen-bond donors (Lipinski definition) is 1. The molecule has 0 radical (unpaired) electrons. The number of nitrogens with one attached hydrogen (secondary N) is 1. The number of carbonyl (C=O) groups excluding carboxylic acids is 2. The maximum absolute atomic E-state index is 12.0. The predicted molar refractivity (Wildman–Crippen MR) is 107 cm³/mol. The van der Waals surface area contributed by atoms with Gasteiger partial charge in [0.05, 0.1) is 13.5 Å². The Kier molecular flexibility index (Phi) is 6.08. The van der Waals surface area contributed by atoms with E-state index in [1.54, 1.807) is 43.5 Å². The summed E-state index contributed by atoms with van der Waals surface area (Å²) < 4.78 is 11.5. The van der Waals surface area contributed by atoms with Crippen molar-refractivity contribution in [1.82, 2.24) is 5.32 Å². The normalized spacial score (nSPS) is 10.4. The van der Waals surface area contributed by atoms with Crippen LogP contribution in [0.3, 0.4) is 0 Å². The van der Waals surface area contributed by atoms with Gasteiger partial charge < -0.3 is 14.8 Å². The van der Waals surface area contributed by atoms with Crippen molar-refractivity contribution < 1.29 is 19.1 Å². The van der Waals surface area contributed by atoms with E-state index in [0.29, 0.717) is 11.3 Å². The molecule has 0 bridgehead atoms. The minimum Gasteiger partial charge on any atom is -0.497 e. The summed E-state index contributed by atoms with van der Waals surface area (Å²) in [6.07, 6.45) is 0.0818. The van der Waals surface area contributed by atoms with Crippen LogP contribution in [0.5, 0.6) is 11.5 Å². The molecule has 0 atom stereocenters. The molecule has 0 aliphatic heterocycles. The number of amides is 1. The van der Waals surface area contributed by atoms with Crippen molar-refractivity contribution in [3.05, 3.63) is 70.7 Å². The minimum absolute atomic E-state index is 0.0818. The molecule has 0 heterocycles. The summed E-state index contributed by atoms with van der Waals surface area (Å²) in [5.74, 6) is 0.558. The van der Waals surface area contributed by atoms with Crippen molar-refractivity contribution in [2.75, 3.05) is 13.7 Å². The lowest BCUT2D eigenvalue weighted by atomic mass is 10.1. The molecule has 0 saturated heterocycles. The summed E-state index contributed by atoms with van der Waals surface area (Å²) in [4.78, 5) is 24.0. The molecular weight excluding hydrogens is 410 g/mol. The molecular formula is C21H18BrNO4. The minimum atomic E-state index is -0.409. The van der Waals surface area contributed by atoms with Gasteiger partial charge in [-0.05, 0) is 59.3 Å². The van der Waals surface area contributed by atoms with Gasteiger partial charge in [-0.15, -0.1) is 0 Å². The molecule has 6 heteroatoms. The molecule has 0 unspecified atom stereocenters. The fraction of sp³-hybridized carbons (Fsp3) is 0.143. The Balaban J connectivity index is 1.53. The van der Waals surface area contributed by atoms with Crippen LogP contribution in [-0.4, -0.2) is 25.5 Å². The third-order valence-electron chi connectivity index (χ3n) is 3.97. The first kappa shape index (κ1) is 18.9. The first-order chi connectivity index (χ1) is 13.0. The quantitative estimate of drug-likeness (QED) is 0.469. The summed E-state index contributed by atoms with van der Waals surface area (Å²) in [5, 5.41) is 4.65. The number of fused-ring (bicyclic) bond motifs is 1. The Bertz CT molecular complexity index is 970. The average molecular weight is 428 g/mol. The van der Waals surface area contributed by atoms with Crippen LogP contribution in [0.2, 0.25) is 0 Å². The second-order valence-electron chi connectivity index (χ2n) is 5.86. The monoisotopic (exact) mass is 427 g/mol. The van der Waals surface area contributed by atoms with E-state index in [1.807, 2.05) is 24.3 Å². The fourth-order valence-corrected chi connectivity index (χ4v) is 2.82. The smallest absolute Gasteiger partial charge is 0.312 e. The average Bonchev–Trinajstić information content (AvgIpc) is 2.67. The van der Waals surface area contributed by atoms with Crippen LogP contribution in [-0.2, 0) is 4.79 Å². The third-order valence-corrected chi connectivity index (χ3v) is 4.50. The van der Waals surface area contributed by atoms with Crippen molar-refractivity contribution in [2.45, 2.75) is 6.42 Å². The van der Waals surface area contributed by atoms with E-state index in [-0.39, 0.29) is 18.9 Å². The van der Waals surface area contributed by atoms with Crippen molar-refractivity contribution in [2.24, 2.45) is 0 Å². The van der Waals surface area contributed by atoms with Crippen molar-refractivity contribution >= 4 is 38.6 Å². The molecule has 3 aromatic rings. The maximum atomic E-state index is 12.0. The van der Waals surface area contributed by atoms with Gasteiger partial charge in [-0.1, -0.05) is 28.1 Å².